The van der Waals surface area contributed by atoms with E-state index in [-0.39, 0.29) is 48.6 Å². The Morgan fingerprint density at radius 3 is 2.64 bits per heavy atom. The summed E-state index contributed by atoms with van der Waals surface area (Å²) in [4.78, 5) is 37.7. The van der Waals surface area contributed by atoms with Gasteiger partial charge in [0.15, 0.2) is 23.0 Å². The predicted molar refractivity (Wildman–Crippen MR) is 115 cm³/mol. The molecular weight excluding hydrogens is 428 g/mol. The number of hydrogen-bond acceptors (Lipinski definition) is 8. The average Bonchev–Trinajstić information content (AvgIpc) is 3.26. The molecule has 3 N–H and O–H groups in total. The van der Waals surface area contributed by atoms with Gasteiger partial charge in [-0.2, -0.15) is 0 Å². The molecular formula is C25H34O8. The Labute approximate surface area is 193 Å². The van der Waals surface area contributed by atoms with Gasteiger partial charge >= 0.3 is 0 Å². The van der Waals surface area contributed by atoms with Gasteiger partial charge in [-0.1, -0.05) is 26.3 Å². The molecule has 0 aromatic carbocycles. The Morgan fingerprint density at radius 2 is 1.97 bits per heavy atom. The second-order valence-electron chi connectivity index (χ2n) is 11.1. The lowest BCUT2D eigenvalue weighted by molar-refractivity contribution is -0.208. The number of hydrogen-bond donors (Lipinski definition) is 3. The number of rotatable bonds is 4. The van der Waals surface area contributed by atoms with E-state index >= 15 is 0 Å². The Hall–Kier alpha value is -1.45. The topological polar surface area (TPSA) is 130 Å². The molecule has 0 amide bonds. The van der Waals surface area contributed by atoms with Crippen molar-refractivity contribution in [2.45, 2.75) is 89.5 Å². The third-order valence-electron chi connectivity index (χ3n) is 9.92. The molecule has 8 heteroatoms. The van der Waals surface area contributed by atoms with Crippen LogP contribution in [-0.4, -0.2) is 69.5 Å². The highest BCUT2D eigenvalue weighted by Gasteiger charge is 2.76. The Balaban J connectivity index is 1.57. The number of carbonyl (C=O) groups is 3. The number of aliphatic hydroxyl groups excluding tert-OH is 3. The summed E-state index contributed by atoms with van der Waals surface area (Å²) in [6.07, 6.45) is 0.420. The highest BCUT2D eigenvalue weighted by molar-refractivity contribution is 5.93. The van der Waals surface area contributed by atoms with Crippen LogP contribution in [0.3, 0.4) is 0 Å². The molecule has 10 atom stereocenters. The van der Waals surface area contributed by atoms with E-state index in [1.54, 1.807) is 13.0 Å². The van der Waals surface area contributed by atoms with E-state index in [1.807, 2.05) is 13.8 Å². The zero-order valence-electron chi connectivity index (χ0n) is 19.5. The largest absolute Gasteiger partial charge is 0.393 e. The number of carbonyl (C=O) groups excluding carboxylic acids is 3. The van der Waals surface area contributed by atoms with E-state index in [2.05, 4.69) is 0 Å². The summed E-state index contributed by atoms with van der Waals surface area (Å²) in [5, 5.41) is 32.4. The molecule has 0 spiro atoms. The van der Waals surface area contributed by atoms with Gasteiger partial charge in [-0.15, -0.1) is 0 Å². The molecule has 3 saturated carbocycles. The number of aliphatic hydroxyl groups is 3. The Kier molecular flexibility index (Phi) is 5.31. The lowest BCUT2D eigenvalue weighted by Crippen LogP contribution is -2.65. The minimum Gasteiger partial charge on any atom is -0.393 e. The van der Waals surface area contributed by atoms with Crippen LogP contribution in [0.15, 0.2) is 11.6 Å². The second kappa shape index (κ2) is 7.52. The van der Waals surface area contributed by atoms with E-state index in [9.17, 15) is 29.7 Å². The Morgan fingerprint density at radius 1 is 1.24 bits per heavy atom. The van der Waals surface area contributed by atoms with Crippen LogP contribution < -0.4 is 0 Å². The number of ketones is 3. The van der Waals surface area contributed by atoms with Gasteiger partial charge in [-0.25, -0.2) is 0 Å². The molecule has 4 aliphatic carbocycles. The SMILES string of the molecule is CCC(=O)C1O[C@@H]2C[C@H]3[C@@H]4CCC5=CC(=O)CC(O)[C@]5(C)[C@H]4[C@@H](O)C[C@]3(C)[C@]2(C(=O)CO)O1. The van der Waals surface area contributed by atoms with Crippen LogP contribution in [0, 0.1) is 28.6 Å². The van der Waals surface area contributed by atoms with Gasteiger partial charge in [0.05, 0.1) is 18.3 Å². The van der Waals surface area contributed by atoms with E-state index in [0.717, 1.165) is 12.0 Å². The van der Waals surface area contributed by atoms with Crippen molar-refractivity contribution in [3.05, 3.63) is 11.6 Å². The maximum Gasteiger partial charge on any atom is 0.219 e. The summed E-state index contributed by atoms with van der Waals surface area (Å²) in [5.41, 5.74) is -2.15. The van der Waals surface area contributed by atoms with Crippen molar-refractivity contribution < 1.29 is 39.2 Å². The number of fused-ring (bicyclic) bond motifs is 7. The van der Waals surface area contributed by atoms with Crippen molar-refractivity contribution in [3.63, 3.8) is 0 Å². The van der Waals surface area contributed by atoms with Gasteiger partial charge in [0.2, 0.25) is 6.29 Å². The molecule has 1 saturated heterocycles. The number of Topliss-reactive ketones (excluding diaryl/α,β-unsaturated/α-hetero) is 2. The van der Waals surface area contributed by atoms with Gasteiger partial charge in [-0.3, -0.25) is 14.4 Å². The van der Waals surface area contributed by atoms with Crippen LogP contribution in [0.25, 0.3) is 0 Å². The summed E-state index contributed by atoms with van der Waals surface area (Å²) in [6, 6.07) is 0. The van der Waals surface area contributed by atoms with Gasteiger partial charge < -0.3 is 24.8 Å². The second-order valence-corrected chi connectivity index (χ2v) is 11.1. The first-order valence-electron chi connectivity index (χ1n) is 12.1. The lowest BCUT2D eigenvalue weighted by Gasteiger charge is -2.61. The van der Waals surface area contributed by atoms with Crippen LogP contribution in [0.2, 0.25) is 0 Å². The van der Waals surface area contributed by atoms with Gasteiger partial charge in [0.25, 0.3) is 0 Å². The molecule has 0 radical (unpaired) electrons. The maximum absolute atomic E-state index is 13.2. The molecule has 1 aliphatic heterocycles. The molecule has 2 unspecified atom stereocenters. The zero-order chi connectivity index (χ0) is 23.9. The fourth-order valence-corrected chi connectivity index (χ4v) is 8.39. The molecule has 1 heterocycles. The highest BCUT2D eigenvalue weighted by Crippen LogP contribution is 2.70. The van der Waals surface area contributed by atoms with Crippen LogP contribution in [-0.2, 0) is 23.9 Å². The summed E-state index contributed by atoms with van der Waals surface area (Å²) < 4.78 is 12.2. The molecule has 5 rings (SSSR count). The zero-order valence-corrected chi connectivity index (χ0v) is 19.5. The summed E-state index contributed by atoms with van der Waals surface area (Å²) in [6.45, 7) is 4.84. The lowest BCUT2D eigenvalue weighted by atomic mass is 9.44. The molecule has 5 aliphatic rings. The first-order valence-corrected chi connectivity index (χ1v) is 12.1. The highest BCUT2D eigenvalue weighted by atomic mass is 16.7. The maximum atomic E-state index is 13.2. The minimum absolute atomic E-state index is 0.0229. The van der Waals surface area contributed by atoms with Crippen LogP contribution in [0.1, 0.15) is 59.3 Å². The average molecular weight is 463 g/mol. The molecule has 4 fully saturated rings. The van der Waals surface area contributed by atoms with Crippen molar-refractivity contribution in [1.29, 1.82) is 0 Å². The van der Waals surface area contributed by atoms with Crippen molar-refractivity contribution in [3.8, 4) is 0 Å². The van der Waals surface area contributed by atoms with Crippen molar-refractivity contribution in [2.24, 2.45) is 28.6 Å². The summed E-state index contributed by atoms with van der Waals surface area (Å²) >= 11 is 0. The van der Waals surface area contributed by atoms with Gasteiger partial charge in [-0.05, 0) is 49.5 Å². The summed E-state index contributed by atoms with van der Waals surface area (Å²) in [7, 11) is 0. The van der Waals surface area contributed by atoms with E-state index in [4.69, 9.17) is 9.47 Å². The first kappa shape index (κ1) is 23.3. The predicted octanol–water partition coefficient (Wildman–Crippen LogP) is 1.09. The minimum atomic E-state index is -1.49. The molecule has 182 valence electrons. The van der Waals surface area contributed by atoms with Crippen molar-refractivity contribution in [2.75, 3.05) is 6.61 Å². The smallest absolute Gasteiger partial charge is 0.219 e. The first-order chi connectivity index (χ1) is 15.5. The van der Waals surface area contributed by atoms with Crippen LogP contribution in [0.4, 0.5) is 0 Å². The third-order valence-corrected chi connectivity index (χ3v) is 9.92. The molecule has 0 bridgehead atoms. The fourth-order valence-electron chi connectivity index (χ4n) is 8.39. The van der Waals surface area contributed by atoms with Gasteiger partial charge in [0.1, 0.15) is 6.61 Å². The quantitative estimate of drug-likeness (QED) is 0.566. The molecule has 0 aromatic heterocycles. The molecule has 8 nitrogen and oxygen atoms in total. The molecule has 33 heavy (non-hydrogen) atoms. The normalized spacial score (nSPS) is 50.7. The van der Waals surface area contributed by atoms with Crippen molar-refractivity contribution in [1.82, 2.24) is 0 Å². The number of ether oxygens (including phenoxy) is 2. The van der Waals surface area contributed by atoms with E-state index < -0.39 is 53.4 Å². The third kappa shape index (κ3) is 2.79. The summed E-state index contributed by atoms with van der Waals surface area (Å²) in [5.74, 6) is -1.21. The van der Waals surface area contributed by atoms with Gasteiger partial charge in [0, 0.05) is 23.7 Å². The van der Waals surface area contributed by atoms with Crippen LogP contribution >= 0.6 is 0 Å². The molecule has 0 aromatic rings. The van der Waals surface area contributed by atoms with E-state index in [1.165, 1.54) is 0 Å². The van der Waals surface area contributed by atoms with Crippen LogP contribution in [0.5, 0.6) is 0 Å². The standard InChI is InChI=1S/C25H34O8/c1-4-16(28)22-32-20-9-15-14-6-5-12-7-13(27)8-18(30)24(12,3)21(14)17(29)10-23(15,2)25(20,33-22)19(31)11-26/h7,14-15,17-18,20-22,26,29-30H,4-6,8-11H2,1-3H3/t14-,15-,17-,18?,20+,21+,22?,23-,24+,25+/m0/s1. The van der Waals surface area contributed by atoms with E-state index in [0.29, 0.717) is 12.8 Å². The van der Waals surface area contributed by atoms with Crippen molar-refractivity contribution >= 4 is 17.3 Å². The monoisotopic (exact) mass is 462 g/mol. The Bertz CT molecular complexity index is 927. The fraction of sp³-hybridized carbons (Fsp3) is 0.800.